The minimum Gasteiger partial charge on any atom is -0.294 e. The molecule has 0 saturated heterocycles. The molecule has 24 heavy (non-hydrogen) atoms. The summed E-state index contributed by atoms with van der Waals surface area (Å²) in [5.41, 5.74) is 4.21. The van der Waals surface area contributed by atoms with E-state index in [-0.39, 0.29) is 5.56 Å². The van der Waals surface area contributed by atoms with Gasteiger partial charge in [0, 0.05) is 16.6 Å². The first kappa shape index (κ1) is 16.1. The molecule has 0 aliphatic rings. The summed E-state index contributed by atoms with van der Waals surface area (Å²) in [6.45, 7) is 7.85. The normalized spacial score (nSPS) is 11.0. The van der Waals surface area contributed by atoms with E-state index >= 15 is 0 Å². The van der Waals surface area contributed by atoms with Crippen molar-refractivity contribution < 1.29 is 0 Å². The number of aromatic amines is 1. The van der Waals surface area contributed by atoms with E-state index in [0.29, 0.717) is 11.9 Å². The van der Waals surface area contributed by atoms with Crippen LogP contribution in [0.15, 0.2) is 23.0 Å². The summed E-state index contributed by atoms with van der Waals surface area (Å²) < 4.78 is 0. The Bertz CT molecular complexity index is 962. The van der Waals surface area contributed by atoms with Gasteiger partial charge in [0.15, 0.2) is 0 Å². The van der Waals surface area contributed by atoms with Gasteiger partial charge in [0.2, 0.25) is 11.9 Å². The topological polar surface area (TPSA) is 83.6 Å². The van der Waals surface area contributed by atoms with Crippen LogP contribution in [0.2, 0.25) is 0 Å². The van der Waals surface area contributed by atoms with Crippen LogP contribution in [-0.2, 0) is 6.42 Å². The van der Waals surface area contributed by atoms with Crippen molar-refractivity contribution in [2.24, 2.45) is 0 Å². The first-order valence-electron chi connectivity index (χ1n) is 8.10. The van der Waals surface area contributed by atoms with Gasteiger partial charge < -0.3 is 0 Å². The zero-order chi connectivity index (χ0) is 17.3. The molecule has 0 amide bonds. The van der Waals surface area contributed by atoms with Crippen LogP contribution in [0.1, 0.15) is 35.9 Å². The summed E-state index contributed by atoms with van der Waals surface area (Å²) >= 11 is 0. The van der Waals surface area contributed by atoms with Crippen molar-refractivity contribution in [1.29, 1.82) is 0 Å². The van der Waals surface area contributed by atoms with Crippen LogP contribution >= 0.6 is 0 Å². The van der Waals surface area contributed by atoms with Crippen molar-refractivity contribution in [2.45, 2.75) is 40.5 Å². The molecule has 0 aliphatic heterocycles. The molecule has 6 heteroatoms. The number of H-pyrrole nitrogens is 1. The van der Waals surface area contributed by atoms with Gasteiger partial charge in [-0.2, -0.15) is 0 Å². The van der Waals surface area contributed by atoms with Crippen molar-refractivity contribution in [3.8, 4) is 0 Å². The highest BCUT2D eigenvalue weighted by molar-refractivity contribution is 5.84. The van der Waals surface area contributed by atoms with Crippen molar-refractivity contribution in [3.63, 3.8) is 0 Å². The number of anilines is 2. The molecule has 0 aliphatic carbocycles. The van der Waals surface area contributed by atoms with Crippen molar-refractivity contribution in [2.75, 3.05) is 5.32 Å². The van der Waals surface area contributed by atoms with Gasteiger partial charge in [-0.3, -0.25) is 15.1 Å². The summed E-state index contributed by atoms with van der Waals surface area (Å²) in [4.78, 5) is 28.4. The number of rotatable bonds is 4. The maximum Gasteiger partial charge on any atom is 0.255 e. The van der Waals surface area contributed by atoms with Crippen LogP contribution in [-0.4, -0.2) is 19.9 Å². The molecule has 2 heterocycles. The van der Waals surface area contributed by atoms with Crippen LogP contribution in [0, 0.1) is 20.8 Å². The molecular formula is C18H21N5O. The fourth-order valence-corrected chi connectivity index (χ4v) is 2.83. The van der Waals surface area contributed by atoms with Gasteiger partial charge in [-0.15, -0.1) is 0 Å². The Balaban J connectivity index is 2.01. The molecular weight excluding hydrogens is 302 g/mol. The van der Waals surface area contributed by atoms with Crippen LogP contribution in [0.4, 0.5) is 11.9 Å². The monoisotopic (exact) mass is 323 g/mol. The van der Waals surface area contributed by atoms with Gasteiger partial charge in [-0.05, 0) is 32.8 Å². The molecule has 0 bridgehead atoms. The summed E-state index contributed by atoms with van der Waals surface area (Å²) in [6, 6.07) is 6.02. The van der Waals surface area contributed by atoms with Gasteiger partial charge in [-0.1, -0.05) is 31.5 Å². The molecule has 6 nitrogen and oxygen atoms in total. The second-order valence-corrected chi connectivity index (χ2v) is 5.96. The molecule has 2 aromatic heterocycles. The molecule has 0 fully saturated rings. The average molecular weight is 323 g/mol. The molecule has 2 N–H and O–H groups in total. The van der Waals surface area contributed by atoms with Crippen LogP contribution in [0.3, 0.4) is 0 Å². The molecule has 3 aromatic rings. The lowest BCUT2D eigenvalue weighted by atomic mass is 10.1. The predicted molar refractivity (Wildman–Crippen MR) is 95.9 cm³/mol. The molecule has 1 aromatic carbocycles. The Morgan fingerprint density at radius 2 is 1.88 bits per heavy atom. The highest BCUT2D eigenvalue weighted by atomic mass is 16.1. The third-order valence-corrected chi connectivity index (χ3v) is 4.07. The first-order chi connectivity index (χ1) is 11.5. The van der Waals surface area contributed by atoms with E-state index in [0.717, 1.165) is 46.3 Å². The van der Waals surface area contributed by atoms with Crippen molar-refractivity contribution >= 4 is 22.8 Å². The van der Waals surface area contributed by atoms with E-state index < -0.39 is 0 Å². The van der Waals surface area contributed by atoms with E-state index in [1.807, 2.05) is 45.9 Å². The number of hydrogen-bond donors (Lipinski definition) is 2. The second kappa shape index (κ2) is 6.39. The number of fused-ring (bicyclic) bond motifs is 1. The van der Waals surface area contributed by atoms with Gasteiger partial charge >= 0.3 is 0 Å². The highest BCUT2D eigenvalue weighted by Crippen LogP contribution is 2.21. The summed E-state index contributed by atoms with van der Waals surface area (Å²) in [5, 5.41) is 4.05. The van der Waals surface area contributed by atoms with Crippen LogP contribution in [0.25, 0.3) is 10.9 Å². The zero-order valence-corrected chi connectivity index (χ0v) is 14.4. The lowest BCUT2D eigenvalue weighted by molar-refractivity contribution is 0.867. The lowest BCUT2D eigenvalue weighted by Gasteiger charge is -2.10. The number of nitrogens with zero attached hydrogens (tertiary/aromatic N) is 3. The molecule has 0 radical (unpaired) electrons. The van der Waals surface area contributed by atoms with E-state index in [1.54, 1.807) is 0 Å². The Hall–Kier alpha value is -2.76. The van der Waals surface area contributed by atoms with Crippen LogP contribution in [0.5, 0.6) is 0 Å². The number of nitrogens with one attached hydrogen (secondary N) is 2. The van der Waals surface area contributed by atoms with E-state index in [4.69, 9.17) is 0 Å². The third-order valence-electron chi connectivity index (χ3n) is 4.07. The van der Waals surface area contributed by atoms with Crippen molar-refractivity contribution in [3.05, 3.63) is 51.1 Å². The third kappa shape index (κ3) is 2.99. The quantitative estimate of drug-likeness (QED) is 0.769. The zero-order valence-electron chi connectivity index (χ0n) is 14.4. The highest BCUT2D eigenvalue weighted by Gasteiger charge is 2.10. The van der Waals surface area contributed by atoms with Crippen molar-refractivity contribution in [1.82, 2.24) is 19.9 Å². The van der Waals surface area contributed by atoms with E-state index in [2.05, 4.69) is 25.3 Å². The Morgan fingerprint density at radius 1 is 1.08 bits per heavy atom. The number of para-hydroxylation sites is 1. The smallest absolute Gasteiger partial charge is 0.255 e. The van der Waals surface area contributed by atoms with E-state index in [1.165, 1.54) is 0 Å². The number of benzene rings is 1. The maximum absolute atomic E-state index is 12.2. The minimum absolute atomic E-state index is 0.111. The molecule has 0 saturated carbocycles. The fraction of sp³-hybridized carbons (Fsp3) is 0.333. The van der Waals surface area contributed by atoms with Gasteiger partial charge in [0.1, 0.15) is 0 Å². The number of aromatic nitrogens is 4. The predicted octanol–water partition coefficient (Wildman–Crippen LogP) is 3.33. The SMILES string of the molecule is CCCc1c(C)nc(Nc2nc(C)c3cccc(C)c3n2)[nH]c1=O. The second-order valence-electron chi connectivity index (χ2n) is 5.96. The summed E-state index contributed by atoms with van der Waals surface area (Å²) in [6.07, 6.45) is 1.63. The first-order valence-corrected chi connectivity index (χ1v) is 8.10. The molecule has 3 rings (SSSR count). The fourth-order valence-electron chi connectivity index (χ4n) is 2.83. The summed E-state index contributed by atoms with van der Waals surface area (Å²) in [5.74, 6) is 0.796. The largest absolute Gasteiger partial charge is 0.294 e. The number of hydrogen-bond acceptors (Lipinski definition) is 5. The van der Waals surface area contributed by atoms with Gasteiger partial charge in [0.05, 0.1) is 11.2 Å². The maximum atomic E-state index is 12.2. The molecule has 124 valence electrons. The average Bonchev–Trinajstić information content (AvgIpc) is 2.52. The minimum atomic E-state index is -0.111. The van der Waals surface area contributed by atoms with Gasteiger partial charge in [-0.25, -0.2) is 15.0 Å². The molecule has 0 unspecified atom stereocenters. The van der Waals surface area contributed by atoms with Gasteiger partial charge in [0.25, 0.3) is 5.56 Å². The summed E-state index contributed by atoms with van der Waals surface area (Å²) in [7, 11) is 0. The Kier molecular flexibility index (Phi) is 4.29. The standard InChI is InChI=1S/C18H21N5O/c1-5-7-14-12(4)20-18(22-16(14)24)23-17-19-11(3)13-9-6-8-10(2)15(13)21-17/h6,8-9H,5,7H2,1-4H3,(H2,19,20,21,22,23,24). The van der Waals surface area contributed by atoms with E-state index in [9.17, 15) is 4.79 Å². The van der Waals surface area contributed by atoms with Crippen LogP contribution < -0.4 is 10.9 Å². The Labute approximate surface area is 140 Å². The molecule has 0 atom stereocenters. The number of aryl methyl sites for hydroxylation is 3. The Morgan fingerprint density at radius 3 is 2.58 bits per heavy atom. The lowest BCUT2D eigenvalue weighted by Crippen LogP contribution is -2.18. The molecule has 0 spiro atoms.